The number of methoxy groups -OCH3 is 1. The van der Waals surface area contributed by atoms with Crippen LogP contribution in [-0.4, -0.2) is 191 Å². The molecule has 0 saturated carbocycles. The number of hydrogen-bond acceptors (Lipinski definition) is 17. The highest BCUT2D eigenvalue weighted by atomic mass is 28.4. The molecule has 1 fully saturated rings. The minimum Gasteiger partial charge on any atom is -0.494 e. The largest absolute Gasteiger partial charge is 0.494 e. The second-order valence-electron chi connectivity index (χ2n) is 37.6. The predicted octanol–water partition coefficient (Wildman–Crippen LogP) is 18.5. The summed E-state index contributed by atoms with van der Waals surface area (Å²) in [5.41, 5.74) is 0. The first-order valence-corrected chi connectivity index (χ1v) is 69.1. The highest BCUT2D eigenvalue weighted by molar-refractivity contribution is 6.72. The summed E-state index contributed by atoms with van der Waals surface area (Å²) in [6, 6.07) is -0.622. The number of amides is 1. The molecule has 18 atom stereocenters. The number of ether oxygens (including phenoxy) is 5. The third-order valence-electron chi connectivity index (χ3n) is 16.4. The average molecular weight is 1610 g/mol. The standard InChI is InChI=1S/C77H147NO17Si9/c1-56-46-44-42-40-38-36-34-35-37-39-41-43-45-47-61(86-77-75(95-104(31,32)33)72(78-60(5)79)74(59(4)84-77)94-103(28,29)30)52-68-71(76(81)82-6)69(92-101(22,23)24)53-63(85-68)51-64(88-97(10,11)12)54-67(91-100(19,20)21)66(90-99(16,17)18)49-48-62(87-96(7,8)9)50-65(89-98(13,14)15)55-70(80)83-58(3)57(2)73(56)93-102(25,26)27/h34-47,53,56-59,61-62,64-69,71-75,77H,48-52,54-55H2,1-33H3,(H,78,79)/b35-34+,38-36+,39-37+,42-40+,43-41+,46-44+,47-45+/t56-,57-,58-,59+,61-,62+,64+,65+,66+,67+,68-,69-,71-,72-,73+,74+,75-,77-/m0/s1. The van der Waals surface area contributed by atoms with Crippen molar-refractivity contribution in [3.63, 3.8) is 0 Å². The monoisotopic (exact) mass is 1610 g/mol. The molecule has 18 nitrogen and oxygen atoms in total. The summed E-state index contributed by atoms with van der Waals surface area (Å²) >= 11 is 0. The lowest BCUT2D eigenvalue weighted by molar-refractivity contribution is -0.274. The molecule has 27 heteroatoms. The van der Waals surface area contributed by atoms with Gasteiger partial charge in [-0.3, -0.25) is 14.4 Å². The van der Waals surface area contributed by atoms with Gasteiger partial charge in [-0.05, 0) is 222 Å². The number of carbonyl (C=O) groups excluding carboxylic acids is 3. The Labute approximate surface area is 641 Å². The topological polar surface area (TPSA) is 192 Å². The molecule has 3 rings (SSSR count). The van der Waals surface area contributed by atoms with Crippen molar-refractivity contribution in [1.29, 1.82) is 0 Å². The van der Waals surface area contributed by atoms with Crippen molar-refractivity contribution >= 4 is 92.7 Å². The Balaban J connectivity index is 2.47. The molecule has 0 spiro atoms. The summed E-state index contributed by atoms with van der Waals surface area (Å²) in [5, 5.41) is 3.23. The molecule has 104 heavy (non-hydrogen) atoms. The highest BCUT2D eigenvalue weighted by Gasteiger charge is 2.52. The maximum atomic E-state index is 14.7. The lowest BCUT2D eigenvalue weighted by Crippen LogP contribution is -2.67. The minimum absolute atomic E-state index is 0.0244. The lowest BCUT2D eigenvalue weighted by Gasteiger charge is -2.49. The molecular weight excluding hydrogens is 1460 g/mol. The molecule has 2 bridgehead atoms. The van der Waals surface area contributed by atoms with Gasteiger partial charge < -0.3 is 68.8 Å². The van der Waals surface area contributed by atoms with E-state index in [9.17, 15) is 14.4 Å². The normalized spacial score (nSPS) is 32.8. The third kappa shape index (κ3) is 40.5. The van der Waals surface area contributed by atoms with E-state index in [1.807, 2.05) is 92.8 Å². The fourth-order valence-electron chi connectivity index (χ4n) is 13.1. The molecule has 0 aromatic rings. The maximum Gasteiger partial charge on any atom is 0.315 e. The molecule has 598 valence electrons. The summed E-state index contributed by atoms with van der Waals surface area (Å²) in [5.74, 6) is -1.38. The first-order valence-electron chi connectivity index (χ1n) is 38.4. The van der Waals surface area contributed by atoms with E-state index in [4.69, 9.17) is 63.5 Å². The SMILES string of the molecule is COC(=O)[C@@H]1[C@@H](O[Si](C)(C)C)C=C2C[C@@H](O[Si](C)(C)C)C[C@@H](O[Si](C)(C)C)[C@H](O[Si](C)(C)C)CC[C@@H](O[Si](C)(C)C)C[C@@H](O[Si](C)(C)C)CC(=O)O[C@@H](C)[C@H](C)[C@H](O[Si](C)(C)C)[C@@H](C)/C=C/C=C/C=C/C=C/C=C/C=C/C=C/[C@H](O[C@@H]3O[C@H](C)[C@@H](O[Si](C)(C)C)[C@H](NC(C)=O)[C@@H]3O[Si](C)(C)C)C[C@@H]1O2. The molecular formula is C77H147NO17Si9. The van der Waals surface area contributed by atoms with E-state index >= 15 is 0 Å². The van der Waals surface area contributed by atoms with E-state index in [1.165, 1.54) is 14.0 Å². The van der Waals surface area contributed by atoms with Gasteiger partial charge in [0.25, 0.3) is 0 Å². The molecule has 0 unspecified atom stereocenters. The van der Waals surface area contributed by atoms with Crippen molar-refractivity contribution in [3.05, 3.63) is 96.9 Å². The van der Waals surface area contributed by atoms with Gasteiger partial charge in [0.1, 0.15) is 24.2 Å². The van der Waals surface area contributed by atoms with Crippen molar-refractivity contribution in [2.24, 2.45) is 17.8 Å². The Morgan fingerprint density at radius 3 is 1.33 bits per heavy atom. The number of esters is 2. The second-order valence-corrected chi connectivity index (χ2v) is 77.8. The zero-order valence-corrected chi connectivity index (χ0v) is 79.9. The van der Waals surface area contributed by atoms with Crippen molar-refractivity contribution in [2.45, 2.75) is 348 Å². The zero-order chi connectivity index (χ0) is 79.4. The molecule has 0 radical (unpaired) electrons. The van der Waals surface area contributed by atoms with Gasteiger partial charge in [-0.2, -0.15) is 0 Å². The Morgan fingerprint density at radius 1 is 0.442 bits per heavy atom. The summed E-state index contributed by atoms with van der Waals surface area (Å²) in [6.07, 6.45) is 24.8. The van der Waals surface area contributed by atoms with Crippen LogP contribution >= 0.6 is 0 Å². The Bertz CT molecular complexity index is 2880. The lowest BCUT2D eigenvalue weighted by atomic mass is 9.88. The van der Waals surface area contributed by atoms with E-state index in [2.05, 4.69) is 208 Å². The van der Waals surface area contributed by atoms with Crippen LogP contribution in [0, 0.1) is 17.8 Å². The van der Waals surface area contributed by atoms with Crippen LogP contribution in [0.3, 0.4) is 0 Å². The zero-order valence-electron chi connectivity index (χ0n) is 70.9. The smallest absolute Gasteiger partial charge is 0.315 e. The van der Waals surface area contributed by atoms with Crippen LogP contribution < -0.4 is 5.32 Å². The summed E-state index contributed by atoms with van der Waals surface area (Å²) < 4.78 is 98.1. The fraction of sp³-hybridized carbons (Fsp3) is 0.753. The molecule has 0 aromatic heterocycles. The summed E-state index contributed by atoms with van der Waals surface area (Å²) in [7, 11) is -19.1. The fourth-order valence-corrected chi connectivity index (χ4v) is 23.5. The maximum absolute atomic E-state index is 14.7. The van der Waals surface area contributed by atoms with Gasteiger partial charge in [-0.25, -0.2) is 0 Å². The third-order valence-corrected chi connectivity index (χ3v) is 25.5. The van der Waals surface area contributed by atoms with Gasteiger partial charge >= 0.3 is 11.9 Å². The molecule has 0 aromatic carbocycles. The van der Waals surface area contributed by atoms with Crippen molar-refractivity contribution in [1.82, 2.24) is 5.32 Å². The Hall–Kier alpha value is -2.36. The van der Waals surface area contributed by atoms with Gasteiger partial charge in [0.15, 0.2) is 81.1 Å². The Kier molecular flexibility index (Phi) is 38.5. The second kappa shape index (κ2) is 41.8. The molecule has 1 amide bonds. The van der Waals surface area contributed by atoms with Gasteiger partial charge in [0.2, 0.25) is 5.91 Å². The van der Waals surface area contributed by atoms with Crippen LogP contribution in [0.2, 0.25) is 177 Å². The minimum atomic E-state index is -2.42. The summed E-state index contributed by atoms with van der Waals surface area (Å²) in [6.45, 7) is 68.5. The van der Waals surface area contributed by atoms with Gasteiger partial charge in [0, 0.05) is 38.2 Å². The molecule has 3 aliphatic heterocycles. The van der Waals surface area contributed by atoms with Gasteiger partial charge in [0.05, 0.1) is 80.3 Å². The van der Waals surface area contributed by atoms with Crippen molar-refractivity contribution < 1.29 is 77.9 Å². The van der Waals surface area contributed by atoms with Crippen LogP contribution in [0.4, 0.5) is 0 Å². The molecule has 1 saturated heterocycles. The van der Waals surface area contributed by atoms with Crippen LogP contribution in [0.1, 0.15) is 79.6 Å². The predicted molar refractivity (Wildman–Crippen MR) is 449 cm³/mol. The number of nitrogens with one attached hydrogen (secondary N) is 1. The van der Waals surface area contributed by atoms with E-state index in [0.29, 0.717) is 37.9 Å². The highest BCUT2D eigenvalue weighted by Crippen LogP contribution is 2.39. The van der Waals surface area contributed by atoms with Crippen LogP contribution in [0.15, 0.2) is 96.9 Å². The molecule has 0 aliphatic carbocycles. The Morgan fingerprint density at radius 2 is 0.865 bits per heavy atom. The number of hydrogen-bond donors (Lipinski definition) is 1. The number of fused-ring (bicyclic) bond motifs is 2. The van der Waals surface area contributed by atoms with Crippen LogP contribution in [-0.2, 0) is 77.9 Å². The van der Waals surface area contributed by atoms with Crippen LogP contribution in [0.5, 0.6) is 0 Å². The van der Waals surface area contributed by atoms with E-state index in [-0.39, 0.29) is 54.9 Å². The van der Waals surface area contributed by atoms with Crippen molar-refractivity contribution in [2.75, 3.05) is 7.11 Å². The van der Waals surface area contributed by atoms with E-state index < -0.39 is 160 Å². The molecule has 3 aliphatic rings. The average Bonchev–Trinajstić information content (AvgIpc) is 0.782. The quantitative estimate of drug-likeness (QED) is 0.0794. The molecule has 3 heterocycles. The van der Waals surface area contributed by atoms with Crippen LogP contribution in [0.25, 0.3) is 0 Å². The van der Waals surface area contributed by atoms with Crippen molar-refractivity contribution in [3.8, 4) is 0 Å². The first-order chi connectivity index (χ1) is 47.4. The van der Waals surface area contributed by atoms with Gasteiger partial charge in [-0.1, -0.05) is 98.9 Å². The molecule has 1 N–H and O–H groups in total. The van der Waals surface area contributed by atoms with E-state index in [0.717, 1.165) is 0 Å². The number of allylic oxidation sites excluding steroid dienone is 12. The number of cyclic esters (lactones) is 1. The number of carbonyl (C=O) groups is 3. The van der Waals surface area contributed by atoms with Gasteiger partial charge in [-0.15, -0.1) is 0 Å². The summed E-state index contributed by atoms with van der Waals surface area (Å²) in [4.78, 5) is 42.4. The number of rotatable bonds is 22. The van der Waals surface area contributed by atoms with E-state index in [1.54, 1.807) is 0 Å². The first kappa shape index (κ1) is 95.8.